The van der Waals surface area contributed by atoms with Gasteiger partial charge in [-0.05, 0) is 29.3 Å². The Balaban J connectivity index is 1.91. The molecule has 0 saturated carbocycles. The largest absolute Gasteiger partial charge is 0.489 e. The first-order valence-electron chi connectivity index (χ1n) is 6.31. The van der Waals surface area contributed by atoms with Gasteiger partial charge in [0, 0.05) is 6.08 Å². The van der Waals surface area contributed by atoms with Gasteiger partial charge in [0.1, 0.15) is 12.4 Å². The molecule has 0 amide bonds. The van der Waals surface area contributed by atoms with E-state index in [0.717, 1.165) is 16.9 Å². The lowest BCUT2D eigenvalue weighted by molar-refractivity contribution is -0.134. The molecule has 2 aromatic carbocycles. The molecule has 0 radical (unpaired) electrons. The molecule has 3 heteroatoms. The van der Waals surface area contributed by atoms with Crippen molar-refractivity contribution in [1.82, 2.24) is 0 Å². The molecule has 0 aliphatic carbocycles. The second-order valence-corrected chi connectivity index (χ2v) is 4.20. The number of rotatable bonds is 5. The minimum absolute atomic E-state index is 0.366. The summed E-state index contributed by atoms with van der Waals surface area (Å²) in [5.74, 6) is 0.429. The van der Waals surface area contributed by atoms with Crippen molar-refractivity contribution in [3.8, 4) is 5.75 Å². The summed E-state index contributed by atoms with van der Waals surface area (Å²) in [7, 11) is 1.35. The quantitative estimate of drug-likeness (QED) is 0.615. The zero-order valence-electron chi connectivity index (χ0n) is 11.3. The Morgan fingerprint density at radius 3 is 2.40 bits per heavy atom. The highest BCUT2D eigenvalue weighted by Crippen LogP contribution is 2.15. The fourth-order valence-electron chi connectivity index (χ4n) is 1.65. The van der Waals surface area contributed by atoms with Crippen LogP contribution < -0.4 is 4.74 Å². The number of hydrogen-bond acceptors (Lipinski definition) is 3. The van der Waals surface area contributed by atoms with Crippen molar-refractivity contribution in [2.75, 3.05) is 7.11 Å². The maximum atomic E-state index is 11.0. The van der Waals surface area contributed by atoms with Gasteiger partial charge in [0.2, 0.25) is 0 Å². The van der Waals surface area contributed by atoms with Gasteiger partial charge in [-0.25, -0.2) is 4.79 Å². The first kappa shape index (κ1) is 13.9. The molecule has 0 aromatic heterocycles. The molecule has 0 bridgehead atoms. The summed E-state index contributed by atoms with van der Waals surface area (Å²) >= 11 is 0. The third kappa shape index (κ3) is 4.28. The number of carbonyl (C=O) groups is 1. The third-order valence-electron chi connectivity index (χ3n) is 2.74. The maximum Gasteiger partial charge on any atom is 0.330 e. The average molecular weight is 268 g/mol. The van der Waals surface area contributed by atoms with Gasteiger partial charge in [0.25, 0.3) is 0 Å². The van der Waals surface area contributed by atoms with Crippen LogP contribution in [0.1, 0.15) is 11.1 Å². The Morgan fingerprint density at radius 1 is 1.05 bits per heavy atom. The number of methoxy groups -OCH3 is 1. The van der Waals surface area contributed by atoms with Gasteiger partial charge in [-0.2, -0.15) is 0 Å². The number of hydrogen-bond donors (Lipinski definition) is 0. The van der Waals surface area contributed by atoms with E-state index in [-0.39, 0.29) is 5.97 Å². The van der Waals surface area contributed by atoms with Crippen LogP contribution in [0.4, 0.5) is 0 Å². The maximum absolute atomic E-state index is 11.0. The van der Waals surface area contributed by atoms with Crippen molar-refractivity contribution in [3.05, 3.63) is 71.8 Å². The molecule has 0 spiro atoms. The van der Waals surface area contributed by atoms with Crippen LogP contribution in [0.5, 0.6) is 5.75 Å². The minimum Gasteiger partial charge on any atom is -0.489 e. The molecule has 0 heterocycles. The summed E-state index contributed by atoms with van der Waals surface area (Å²) < 4.78 is 10.2. The molecule has 102 valence electrons. The smallest absolute Gasteiger partial charge is 0.330 e. The van der Waals surface area contributed by atoms with E-state index < -0.39 is 0 Å². The molecule has 0 atom stereocenters. The zero-order chi connectivity index (χ0) is 14.2. The fourth-order valence-corrected chi connectivity index (χ4v) is 1.65. The predicted molar refractivity (Wildman–Crippen MR) is 78.3 cm³/mol. The second kappa shape index (κ2) is 7.14. The van der Waals surface area contributed by atoms with Crippen LogP contribution in [0.3, 0.4) is 0 Å². The van der Waals surface area contributed by atoms with E-state index in [1.165, 1.54) is 13.2 Å². The monoisotopic (exact) mass is 268 g/mol. The van der Waals surface area contributed by atoms with Crippen molar-refractivity contribution in [1.29, 1.82) is 0 Å². The lowest BCUT2D eigenvalue weighted by Crippen LogP contribution is -1.95. The van der Waals surface area contributed by atoms with Crippen LogP contribution in [0, 0.1) is 0 Å². The topological polar surface area (TPSA) is 35.5 Å². The normalized spacial score (nSPS) is 10.4. The molecule has 0 fully saturated rings. The lowest BCUT2D eigenvalue weighted by atomic mass is 10.2. The van der Waals surface area contributed by atoms with Gasteiger partial charge in [-0.1, -0.05) is 42.5 Å². The van der Waals surface area contributed by atoms with Crippen LogP contribution in [-0.4, -0.2) is 13.1 Å². The van der Waals surface area contributed by atoms with Gasteiger partial charge < -0.3 is 9.47 Å². The molecule has 20 heavy (non-hydrogen) atoms. The molecule has 2 rings (SSSR count). The zero-order valence-corrected chi connectivity index (χ0v) is 11.3. The standard InChI is InChI=1S/C17H16O3/c1-19-17(18)12-9-14-7-10-16(11-8-14)20-13-15-5-3-2-4-6-15/h2-12H,13H2,1H3. The van der Waals surface area contributed by atoms with Crippen LogP contribution in [-0.2, 0) is 16.1 Å². The second-order valence-electron chi connectivity index (χ2n) is 4.20. The average Bonchev–Trinajstić information content (AvgIpc) is 2.52. The lowest BCUT2D eigenvalue weighted by Gasteiger charge is -2.06. The fraction of sp³-hybridized carbons (Fsp3) is 0.118. The van der Waals surface area contributed by atoms with E-state index in [1.807, 2.05) is 54.6 Å². The van der Waals surface area contributed by atoms with Gasteiger partial charge in [-0.3, -0.25) is 0 Å². The van der Waals surface area contributed by atoms with E-state index in [2.05, 4.69) is 4.74 Å². The summed E-state index contributed by atoms with van der Waals surface area (Å²) in [5, 5.41) is 0. The third-order valence-corrected chi connectivity index (χ3v) is 2.74. The number of esters is 1. The Kier molecular flexibility index (Phi) is 4.95. The summed E-state index contributed by atoms with van der Waals surface area (Å²) in [5.41, 5.74) is 2.05. The van der Waals surface area contributed by atoms with Gasteiger partial charge in [0.05, 0.1) is 7.11 Å². The first-order chi connectivity index (χ1) is 9.78. The summed E-state index contributed by atoms with van der Waals surface area (Å²) in [6, 6.07) is 17.5. The minimum atomic E-state index is -0.366. The summed E-state index contributed by atoms with van der Waals surface area (Å²) in [6.45, 7) is 0.540. The Labute approximate surface area is 118 Å². The van der Waals surface area contributed by atoms with E-state index in [0.29, 0.717) is 6.61 Å². The van der Waals surface area contributed by atoms with E-state index in [4.69, 9.17) is 4.74 Å². The van der Waals surface area contributed by atoms with Gasteiger partial charge in [0.15, 0.2) is 0 Å². The van der Waals surface area contributed by atoms with E-state index >= 15 is 0 Å². The first-order valence-corrected chi connectivity index (χ1v) is 6.31. The SMILES string of the molecule is COC(=O)C=Cc1ccc(OCc2ccccc2)cc1. The van der Waals surface area contributed by atoms with Crippen LogP contribution in [0.15, 0.2) is 60.7 Å². The number of ether oxygens (including phenoxy) is 2. The Bertz CT molecular complexity index is 571. The summed E-state index contributed by atoms with van der Waals surface area (Å²) in [6.07, 6.45) is 3.09. The highest BCUT2D eigenvalue weighted by Gasteiger charge is 1.96. The van der Waals surface area contributed by atoms with E-state index in [9.17, 15) is 4.79 Å². The van der Waals surface area contributed by atoms with Crippen molar-refractivity contribution in [2.24, 2.45) is 0 Å². The molecule has 3 nitrogen and oxygen atoms in total. The predicted octanol–water partition coefficient (Wildman–Crippen LogP) is 3.45. The van der Waals surface area contributed by atoms with Gasteiger partial charge >= 0.3 is 5.97 Å². The molecule has 0 saturated heterocycles. The molecule has 0 N–H and O–H groups in total. The Morgan fingerprint density at radius 2 is 1.75 bits per heavy atom. The molecule has 0 aliphatic rings. The van der Waals surface area contributed by atoms with Crippen molar-refractivity contribution in [2.45, 2.75) is 6.61 Å². The molecular formula is C17H16O3. The van der Waals surface area contributed by atoms with Crippen molar-refractivity contribution in [3.63, 3.8) is 0 Å². The van der Waals surface area contributed by atoms with Crippen molar-refractivity contribution >= 4 is 12.0 Å². The number of carbonyl (C=O) groups excluding carboxylic acids is 1. The van der Waals surface area contributed by atoms with Crippen LogP contribution in [0.2, 0.25) is 0 Å². The number of benzene rings is 2. The molecule has 0 unspecified atom stereocenters. The molecule has 0 aliphatic heterocycles. The van der Waals surface area contributed by atoms with Crippen LogP contribution >= 0.6 is 0 Å². The van der Waals surface area contributed by atoms with Crippen LogP contribution in [0.25, 0.3) is 6.08 Å². The highest BCUT2D eigenvalue weighted by atomic mass is 16.5. The Hall–Kier alpha value is -2.55. The highest BCUT2D eigenvalue weighted by molar-refractivity contribution is 5.86. The summed E-state index contributed by atoms with van der Waals surface area (Å²) in [4.78, 5) is 11.0. The van der Waals surface area contributed by atoms with E-state index in [1.54, 1.807) is 6.08 Å². The molecular weight excluding hydrogens is 252 g/mol. The molecule has 2 aromatic rings. The van der Waals surface area contributed by atoms with Gasteiger partial charge in [-0.15, -0.1) is 0 Å². The van der Waals surface area contributed by atoms with Crippen molar-refractivity contribution < 1.29 is 14.3 Å².